The topological polar surface area (TPSA) is 171 Å². The normalized spacial score (nSPS) is 21.2. The molecule has 1 saturated heterocycles. The van der Waals surface area contributed by atoms with Gasteiger partial charge in [-0.05, 0) is 215 Å². The van der Waals surface area contributed by atoms with Gasteiger partial charge in [-0.3, -0.25) is 0 Å². The summed E-state index contributed by atoms with van der Waals surface area (Å²) in [5.74, 6) is -0.742. The number of hydrogen-bond acceptors (Lipinski definition) is 11. The van der Waals surface area contributed by atoms with Crippen LogP contribution in [-0.2, 0) is 86.6 Å². The Kier molecular flexibility index (Phi) is 17.3. The van der Waals surface area contributed by atoms with Gasteiger partial charge in [0.25, 0.3) is 0 Å². The summed E-state index contributed by atoms with van der Waals surface area (Å²) in [6.45, 7) is 55.2. The van der Waals surface area contributed by atoms with E-state index in [0.717, 1.165) is 113 Å². The Morgan fingerprint density at radius 2 is 0.645 bits per heavy atom. The molecule has 0 N–H and O–H groups in total. The Bertz CT molecular complexity index is 6360. The number of hydrogen-bond donors (Lipinski definition) is 0. The summed E-state index contributed by atoms with van der Waals surface area (Å²) in [6, 6.07) is 46.2. The fraction of sp³-hybridized carbons (Fsp3) is 0.402. The maximum atomic E-state index is 13.9. The molecule has 5 aliphatic carbocycles. The van der Waals surface area contributed by atoms with Crippen molar-refractivity contribution in [3.05, 3.63) is 200 Å². The molecule has 14 heteroatoms. The number of aromatic nitrogens is 8. The summed E-state index contributed by atoms with van der Waals surface area (Å²) in [5, 5.41) is 2.39. The molecule has 12 aromatic rings. The Morgan fingerprint density at radius 1 is 0.355 bits per heavy atom. The first kappa shape index (κ1) is 80.6. The fourth-order valence-corrected chi connectivity index (χ4v) is 21.6. The summed E-state index contributed by atoms with van der Waals surface area (Å²) >= 11 is 0. The van der Waals surface area contributed by atoms with E-state index in [4.69, 9.17) is 54.1 Å². The number of carbonyl (C=O) groups excluding carboxylic acids is 2. The van der Waals surface area contributed by atoms with Crippen LogP contribution in [0.5, 0.6) is 0 Å². The molecule has 3 saturated carbocycles. The van der Waals surface area contributed by atoms with Crippen LogP contribution in [-0.4, -0.2) is 67.3 Å². The van der Waals surface area contributed by atoms with Crippen molar-refractivity contribution in [1.29, 1.82) is 0 Å². The maximum Gasteiger partial charge on any atom is 2.00 e. The van der Waals surface area contributed by atoms with E-state index < -0.39 is 23.1 Å². The zero-order valence-corrected chi connectivity index (χ0v) is 78.3. The molecule has 3 aliphatic heterocycles. The van der Waals surface area contributed by atoms with E-state index in [9.17, 15) is 9.59 Å². The van der Waals surface area contributed by atoms with Gasteiger partial charge in [-0.1, -0.05) is 286 Å². The zero-order valence-electron chi connectivity index (χ0n) is 75.4. The Hall–Kier alpha value is -10.1. The second-order valence-corrected chi connectivity index (χ2v) is 44.2. The third-order valence-corrected chi connectivity index (χ3v) is 28.2. The van der Waals surface area contributed by atoms with Crippen molar-refractivity contribution in [3.63, 3.8) is 0 Å². The van der Waals surface area contributed by atoms with Crippen LogP contribution in [0, 0.1) is 23.7 Å². The number of carbonyl (C=O) groups is 2. The Balaban J connectivity index is 0.00000966. The average Bonchev–Trinajstić information content (AvgIpc) is 1.42. The van der Waals surface area contributed by atoms with Gasteiger partial charge in [0, 0.05) is 28.3 Å². The first-order chi connectivity index (χ1) is 56.2. The smallest absolute Gasteiger partial charge is 0.657 e. The maximum absolute atomic E-state index is 13.9. The van der Waals surface area contributed by atoms with Gasteiger partial charge in [0.05, 0.1) is 81.5 Å². The minimum Gasteiger partial charge on any atom is -0.657 e. The second kappa shape index (κ2) is 26.0. The number of ether oxygens (including phenoxy) is 3. The van der Waals surface area contributed by atoms with Crippen molar-refractivity contribution in [2.24, 2.45) is 23.7 Å². The molecule has 8 atom stereocenters. The van der Waals surface area contributed by atoms with Crippen molar-refractivity contribution in [1.82, 2.24) is 39.9 Å². The van der Waals surface area contributed by atoms with Crippen LogP contribution in [0.25, 0.3) is 157 Å². The molecule has 0 spiro atoms. The quantitative estimate of drug-likeness (QED) is 0.0507. The predicted molar refractivity (Wildman–Crippen MR) is 488 cm³/mol. The predicted octanol–water partition coefficient (Wildman–Crippen LogP) is 24.7. The molecule has 4 unspecified atom stereocenters. The van der Waals surface area contributed by atoms with Gasteiger partial charge in [-0.25, -0.2) is 39.5 Å². The van der Waals surface area contributed by atoms with Gasteiger partial charge in [-0.15, -0.1) is 11.0 Å². The molecule has 8 aliphatic rings. The molecule has 121 heavy (non-hydrogen) atoms. The van der Waals surface area contributed by atoms with E-state index in [2.05, 4.69) is 312 Å². The molecule has 8 heterocycles. The largest absolute Gasteiger partial charge is 2.00 e. The minimum atomic E-state index is -1.32. The zero-order chi connectivity index (χ0) is 85.0. The Morgan fingerprint density at radius 3 is 0.942 bits per heavy atom. The molecule has 20 rings (SSSR count). The monoisotopic (exact) mass is 1650 g/mol. The third-order valence-electron chi connectivity index (χ3n) is 28.2. The summed E-state index contributed by atoms with van der Waals surface area (Å²) in [4.78, 5) is 75.6. The van der Waals surface area contributed by atoms with Crippen LogP contribution >= 0.6 is 0 Å². The van der Waals surface area contributed by atoms with E-state index in [0.29, 0.717) is 44.1 Å². The number of nitrogens with zero attached hydrogens (tertiary/aromatic N) is 8. The molecular weight excluding hydrogens is 1540 g/mol. The molecule has 10 bridgehead atoms. The first-order valence-corrected chi connectivity index (χ1v) is 43.2. The van der Waals surface area contributed by atoms with E-state index >= 15 is 0 Å². The average molecular weight is 1650 g/mol. The van der Waals surface area contributed by atoms with E-state index in [1.54, 1.807) is 0 Å². The molecule has 13 nitrogen and oxygen atoms in total. The van der Waals surface area contributed by atoms with Crippen LogP contribution in [0.1, 0.15) is 263 Å². The van der Waals surface area contributed by atoms with Crippen LogP contribution in [0.2, 0.25) is 0 Å². The van der Waals surface area contributed by atoms with Crippen LogP contribution < -0.4 is 9.97 Å². The molecule has 4 fully saturated rings. The van der Waals surface area contributed by atoms with Crippen molar-refractivity contribution in [2.75, 3.05) is 14.2 Å². The van der Waals surface area contributed by atoms with Crippen molar-refractivity contribution < 1.29 is 43.3 Å². The standard InChI is InChI=1S/C107H110N8O5.Zn/c1-98(2,3)56-37-52(38-57(45-56)99(4,5)6)80-70-31-32-71(108-70)81(53-39-58(100(7,8)9)46-59(40-53)101(10,11)12)73-34-36-75(110-73)83(55-43-62(104(19,20)21)48-63(44-55)105(22,23)24)93-95-94(92(115-93)82(74-35-33-72(80)109-74)54-41-60(102(13,14)15)47-61(42-54)103(16,17)18)113-78-50-76-77(51-79(78)114-95)112-91-67-30-28-65-84-64(27-29-66(87(67)84)90(91)111-76)85-68-49-69(86(65)85)89-88(68)106(96(116)118-25)107(89,120-106)97(117)119-26;/h27-48,50-51,68-69,85-86,88-89H,49H2,1-26H3;/q-2;+2/t68-,69+,85-,86+,88?,89?,106?,107?;. The van der Waals surface area contributed by atoms with Gasteiger partial charge >= 0.3 is 31.4 Å². The van der Waals surface area contributed by atoms with Gasteiger partial charge in [0.1, 0.15) is 0 Å². The Labute approximate surface area is 724 Å². The number of epoxide rings is 1. The molecule has 7 aromatic carbocycles. The number of methoxy groups -OCH3 is 2. The van der Waals surface area contributed by atoms with Crippen LogP contribution in [0.4, 0.5) is 0 Å². The van der Waals surface area contributed by atoms with Gasteiger partial charge in [0.2, 0.25) is 11.2 Å². The van der Waals surface area contributed by atoms with Gasteiger partial charge in [0.15, 0.2) is 0 Å². The van der Waals surface area contributed by atoms with Gasteiger partial charge < -0.3 is 24.2 Å². The molecule has 0 amide bonds. The minimum absolute atomic E-state index is 0. The van der Waals surface area contributed by atoms with E-state index in [1.807, 2.05) is 0 Å². The number of benzene rings is 7. The van der Waals surface area contributed by atoms with E-state index in [1.165, 1.54) is 75.2 Å². The van der Waals surface area contributed by atoms with Gasteiger partial charge in [-0.2, -0.15) is 0 Å². The third kappa shape index (κ3) is 11.9. The number of esters is 2. The number of fused-ring (bicyclic) bond motifs is 29. The second-order valence-electron chi connectivity index (χ2n) is 44.2. The first-order valence-electron chi connectivity index (χ1n) is 43.2. The van der Waals surface area contributed by atoms with E-state index in [-0.39, 0.29) is 98.3 Å². The molecular formula is C107H110N8O5Zn. The summed E-state index contributed by atoms with van der Waals surface area (Å²) in [7, 11) is 2.77. The summed E-state index contributed by atoms with van der Waals surface area (Å²) in [6.07, 6.45) is 9.72. The molecule has 5 aromatic heterocycles. The summed E-state index contributed by atoms with van der Waals surface area (Å²) in [5.41, 5.74) is 28.6. The van der Waals surface area contributed by atoms with Crippen LogP contribution in [0.15, 0.2) is 121 Å². The number of rotatable bonds is 6. The van der Waals surface area contributed by atoms with Crippen molar-refractivity contribution in [3.8, 4) is 67.0 Å². The SMILES string of the molecule is COC(=O)C12OC1(C(=O)OC)C1C2[C@H]2C[C@@H]1[C@H]1c3ccc4c5c(ccc(c35)[C@H]12)-c1nc2cc3nc5c6[n-]c(c(-c7cc(C(C)(C)C)cc(C(C)(C)C)c7)c7nc(c(-c8cc(C(C)(C)C)cc(C(C)(C)C)c8)c8ccc([n-]8)c(-c8cc(C(C)(C)C)cc(C(C)(C)C)c8)c8nc(c6-c6cc(C(C)(C)C)cc(C(C)(C)C)c6)C=C8)C=C7)c5nc3cc2nc1-4.[Zn+2]. The molecule has 0 radical (unpaired) electrons. The van der Waals surface area contributed by atoms with Crippen molar-refractivity contribution in [2.45, 2.75) is 239 Å². The van der Waals surface area contributed by atoms with Crippen LogP contribution in [0.3, 0.4) is 0 Å². The van der Waals surface area contributed by atoms with Crippen molar-refractivity contribution >= 4 is 102 Å². The summed E-state index contributed by atoms with van der Waals surface area (Å²) < 4.78 is 17.3. The fourth-order valence-electron chi connectivity index (χ4n) is 21.6. The molecule has 610 valence electrons.